The van der Waals surface area contributed by atoms with Gasteiger partial charge < -0.3 is 9.84 Å². The zero-order valence-corrected chi connectivity index (χ0v) is 12.0. The monoisotopic (exact) mass is 310 g/mol. The lowest BCUT2D eigenvalue weighted by Gasteiger charge is -2.07. The summed E-state index contributed by atoms with van der Waals surface area (Å²) in [5.41, 5.74) is 1.12. The lowest BCUT2D eigenvalue weighted by atomic mass is 10.1. The Hall–Kier alpha value is -1.55. The Morgan fingerprint density at radius 2 is 1.80 bits per heavy atom. The number of hydrogen-bond acceptors (Lipinski definition) is 3. The molecule has 2 rings (SSSR count). The second kappa shape index (κ2) is 6.75. The number of rotatable bonds is 5. The molecule has 1 N–H and O–H groups in total. The minimum Gasteiger partial charge on any atom is -0.485 e. The van der Waals surface area contributed by atoms with E-state index in [-0.39, 0.29) is 19.0 Å². The fraction of sp³-hybridized carbons (Fsp3) is 0.133. The number of aliphatic hydroxyl groups is 1. The molecular formula is C15H12Cl2O3. The molecule has 2 aromatic carbocycles. The Morgan fingerprint density at radius 3 is 2.45 bits per heavy atom. The first-order valence-corrected chi connectivity index (χ1v) is 6.66. The molecule has 0 saturated carbocycles. The van der Waals surface area contributed by atoms with Crippen molar-refractivity contribution >= 4 is 29.0 Å². The Labute approximate surface area is 126 Å². The lowest BCUT2D eigenvalue weighted by molar-refractivity contribution is 0.0921. The van der Waals surface area contributed by atoms with Crippen molar-refractivity contribution in [2.75, 3.05) is 6.61 Å². The average Bonchev–Trinajstić information content (AvgIpc) is 2.47. The smallest absolute Gasteiger partial charge is 0.201 e. The molecule has 20 heavy (non-hydrogen) atoms. The van der Waals surface area contributed by atoms with Crippen LogP contribution in [0.25, 0.3) is 0 Å². The van der Waals surface area contributed by atoms with Gasteiger partial charge in [-0.3, -0.25) is 4.79 Å². The van der Waals surface area contributed by atoms with Gasteiger partial charge in [-0.05, 0) is 35.9 Å². The molecule has 5 heteroatoms. The molecule has 0 atom stereocenters. The molecule has 0 fully saturated rings. The van der Waals surface area contributed by atoms with E-state index in [0.29, 0.717) is 21.4 Å². The zero-order valence-electron chi connectivity index (χ0n) is 10.5. The Kier molecular flexibility index (Phi) is 5.01. The van der Waals surface area contributed by atoms with E-state index in [0.717, 1.165) is 5.56 Å². The largest absolute Gasteiger partial charge is 0.485 e. The lowest BCUT2D eigenvalue weighted by Crippen LogP contribution is -2.12. The number of ketones is 1. The zero-order chi connectivity index (χ0) is 14.5. The SMILES string of the molecule is O=C(COc1ccc(CO)cc1)c1cc(Cl)ccc1Cl. The quantitative estimate of drug-likeness (QED) is 0.856. The van der Waals surface area contributed by atoms with E-state index in [1.807, 2.05) is 0 Å². The number of carbonyl (C=O) groups excluding carboxylic acids is 1. The molecule has 0 amide bonds. The summed E-state index contributed by atoms with van der Waals surface area (Å²) in [6.45, 7) is -0.157. The van der Waals surface area contributed by atoms with Crippen LogP contribution in [0.1, 0.15) is 15.9 Å². The van der Waals surface area contributed by atoms with Crippen LogP contribution in [0.4, 0.5) is 0 Å². The minimum absolute atomic E-state index is 0.0304. The number of ether oxygens (including phenoxy) is 1. The molecule has 0 unspecified atom stereocenters. The van der Waals surface area contributed by atoms with Crippen LogP contribution in [0.15, 0.2) is 42.5 Å². The van der Waals surface area contributed by atoms with Crippen LogP contribution in [0.5, 0.6) is 5.75 Å². The van der Waals surface area contributed by atoms with E-state index < -0.39 is 0 Å². The third-order valence-corrected chi connectivity index (χ3v) is 3.27. The molecule has 0 aliphatic rings. The maximum absolute atomic E-state index is 12.0. The van der Waals surface area contributed by atoms with E-state index in [4.69, 9.17) is 33.0 Å². The van der Waals surface area contributed by atoms with Gasteiger partial charge in [-0.1, -0.05) is 35.3 Å². The van der Waals surface area contributed by atoms with Crippen LogP contribution < -0.4 is 4.74 Å². The molecule has 3 nitrogen and oxygen atoms in total. The standard InChI is InChI=1S/C15H12Cl2O3/c16-11-3-6-14(17)13(7-11)15(19)9-20-12-4-1-10(8-18)2-5-12/h1-7,18H,8-9H2. The van der Waals surface area contributed by atoms with Gasteiger partial charge in [0, 0.05) is 10.6 Å². The molecule has 0 spiro atoms. The molecule has 0 bridgehead atoms. The van der Waals surface area contributed by atoms with Gasteiger partial charge >= 0.3 is 0 Å². The Balaban J connectivity index is 2.02. The van der Waals surface area contributed by atoms with Gasteiger partial charge in [0.05, 0.1) is 11.6 Å². The summed E-state index contributed by atoms with van der Waals surface area (Å²) < 4.78 is 5.38. The van der Waals surface area contributed by atoms with Crippen molar-refractivity contribution in [3.8, 4) is 5.75 Å². The van der Waals surface area contributed by atoms with Gasteiger partial charge in [-0.25, -0.2) is 0 Å². The Morgan fingerprint density at radius 1 is 1.10 bits per heavy atom. The predicted octanol–water partition coefficient (Wildman–Crippen LogP) is 3.75. The first-order chi connectivity index (χ1) is 9.60. The highest BCUT2D eigenvalue weighted by molar-refractivity contribution is 6.35. The maximum atomic E-state index is 12.0. The van der Waals surface area contributed by atoms with E-state index in [1.54, 1.807) is 36.4 Å². The summed E-state index contributed by atoms with van der Waals surface area (Å²) in [5.74, 6) is 0.303. The summed E-state index contributed by atoms with van der Waals surface area (Å²) >= 11 is 11.8. The molecule has 0 aromatic heterocycles. The maximum Gasteiger partial charge on any atom is 0.201 e. The molecular weight excluding hydrogens is 299 g/mol. The summed E-state index contributed by atoms with van der Waals surface area (Å²) in [5, 5.41) is 9.72. The number of hydrogen-bond donors (Lipinski definition) is 1. The van der Waals surface area contributed by atoms with Crippen molar-refractivity contribution in [2.24, 2.45) is 0 Å². The van der Waals surface area contributed by atoms with Gasteiger partial charge in [0.1, 0.15) is 5.75 Å². The first-order valence-electron chi connectivity index (χ1n) is 5.91. The third-order valence-electron chi connectivity index (χ3n) is 2.70. The second-order valence-electron chi connectivity index (χ2n) is 4.14. The van der Waals surface area contributed by atoms with Crippen LogP contribution in [0, 0.1) is 0 Å². The van der Waals surface area contributed by atoms with E-state index >= 15 is 0 Å². The molecule has 0 aliphatic heterocycles. The van der Waals surface area contributed by atoms with Crippen LogP contribution in [-0.2, 0) is 6.61 Å². The number of carbonyl (C=O) groups is 1. The van der Waals surface area contributed by atoms with Crippen LogP contribution in [0.3, 0.4) is 0 Å². The van der Waals surface area contributed by atoms with Crippen molar-refractivity contribution in [3.05, 3.63) is 63.6 Å². The van der Waals surface area contributed by atoms with Gasteiger partial charge in [0.25, 0.3) is 0 Å². The number of aliphatic hydroxyl groups excluding tert-OH is 1. The minimum atomic E-state index is -0.247. The highest BCUT2D eigenvalue weighted by atomic mass is 35.5. The fourth-order valence-corrected chi connectivity index (χ4v) is 2.02. The first kappa shape index (κ1) is 14.9. The molecule has 0 radical (unpaired) electrons. The highest BCUT2D eigenvalue weighted by Gasteiger charge is 2.12. The predicted molar refractivity (Wildman–Crippen MR) is 78.7 cm³/mol. The van der Waals surface area contributed by atoms with Crippen LogP contribution >= 0.6 is 23.2 Å². The van der Waals surface area contributed by atoms with Crippen molar-refractivity contribution in [2.45, 2.75) is 6.61 Å². The van der Waals surface area contributed by atoms with Crippen molar-refractivity contribution < 1.29 is 14.6 Å². The van der Waals surface area contributed by atoms with Crippen LogP contribution in [-0.4, -0.2) is 17.5 Å². The molecule has 2 aromatic rings. The van der Waals surface area contributed by atoms with Crippen LogP contribution in [0.2, 0.25) is 10.0 Å². The normalized spacial score (nSPS) is 10.3. The average molecular weight is 311 g/mol. The molecule has 104 valence electrons. The summed E-state index contributed by atoms with van der Waals surface area (Å²) in [6, 6.07) is 11.6. The third kappa shape index (κ3) is 3.73. The molecule has 0 aliphatic carbocycles. The van der Waals surface area contributed by atoms with Crippen molar-refractivity contribution in [3.63, 3.8) is 0 Å². The summed E-state index contributed by atoms with van der Waals surface area (Å²) in [7, 11) is 0. The van der Waals surface area contributed by atoms with Gasteiger partial charge in [0.15, 0.2) is 6.61 Å². The number of Topliss-reactive ketones (excluding diaryl/α,β-unsaturated/α-hetero) is 1. The number of benzene rings is 2. The fourth-order valence-electron chi connectivity index (χ4n) is 1.63. The van der Waals surface area contributed by atoms with Gasteiger partial charge in [0.2, 0.25) is 5.78 Å². The summed E-state index contributed by atoms with van der Waals surface area (Å²) in [4.78, 5) is 12.0. The van der Waals surface area contributed by atoms with Gasteiger partial charge in [-0.15, -0.1) is 0 Å². The van der Waals surface area contributed by atoms with Crippen molar-refractivity contribution in [1.29, 1.82) is 0 Å². The highest BCUT2D eigenvalue weighted by Crippen LogP contribution is 2.21. The Bertz CT molecular complexity index is 609. The van der Waals surface area contributed by atoms with Gasteiger partial charge in [-0.2, -0.15) is 0 Å². The molecule has 0 heterocycles. The second-order valence-corrected chi connectivity index (χ2v) is 4.98. The topological polar surface area (TPSA) is 46.5 Å². The van der Waals surface area contributed by atoms with E-state index in [9.17, 15) is 4.79 Å². The van der Waals surface area contributed by atoms with E-state index in [1.165, 1.54) is 6.07 Å². The summed E-state index contributed by atoms with van der Waals surface area (Å²) in [6.07, 6.45) is 0. The number of halogens is 2. The molecule has 0 saturated heterocycles. The van der Waals surface area contributed by atoms with E-state index in [2.05, 4.69) is 0 Å². The van der Waals surface area contributed by atoms with Crippen molar-refractivity contribution in [1.82, 2.24) is 0 Å².